The van der Waals surface area contributed by atoms with Crippen LogP contribution < -0.4 is 0 Å². The van der Waals surface area contributed by atoms with Gasteiger partial charge in [0.15, 0.2) is 0 Å². The Hall–Kier alpha value is 0.270. The normalized spacial score (nSPS) is 20.0. The SMILES string of the molecule is C1CCOCC1.C1CCSCC1.CC(C)(C)C.CC(C)(C)C.CC(C)(C)N1CCCCC1. The van der Waals surface area contributed by atoms with E-state index in [9.17, 15) is 0 Å². The molecule has 3 aliphatic heterocycles. The summed E-state index contributed by atoms with van der Waals surface area (Å²) in [6.07, 6.45) is 12.6. The zero-order chi connectivity index (χ0) is 25.1. The molecule has 0 aliphatic carbocycles. The van der Waals surface area contributed by atoms with E-state index in [1.807, 2.05) is 0 Å². The Morgan fingerprint density at radius 1 is 0.500 bits per heavy atom. The van der Waals surface area contributed by atoms with Crippen molar-refractivity contribution >= 4 is 11.8 Å². The molecule has 0 aromatic carbocycles. The van der Waals surface area contributed by atoms with Crippen LogP contribution in [0.4, 0.5) is 0 Å². The molecule has 0 spiro atoms. The van der Waals surface area contributed by atoms with E-state index in [4.69, 9.17) is 4.74 Å². The van der Waals surface area contributed by atoms with Crippen LogP contribution in [-0.2, 0) is 4.74 Å². The topological polar surface area (TPSA) is 12.5 Å². The predicted octanol–water partition coefficient (Wildman–Crippen LogP) is 9.47. The smallest absolute Gasteiger partial charge is 0.0466 e. The first kappa shape index (κ1) is 34.4. The van der Waals surface area contributed by atoms with Crippen molar-refractivity contribution < 1.29 is 4.74 Å². The first-order valence-corrected chi connectivity index (χ1v) is 14.7. The van der Waals surface area contributed by atoms with Crippen LogP contribution in [0.2, 0.25) is 0 Å². The Labute approximate surface area is 209 Å². The Morgan fingerprint density at radius 3 is 1.00 bits per heavy atom. The van der Waals surface area contributed by atoms with Gasteiger partial charge in [-0.05, 0) is 101 Å². The van der Waals surface area contributed by atoms with Gasteiger partial charge in [0.2, 0.25) is 0 Å². The average molecular weight is 474 g/mol. The molecule has 0 N–H and O–H groups in total. The van der Waals surface area contributed by atoms with E-state index in [1.165, 1.54) is 82.4 Å². The van der Waals surface area contributed by atoms with Gasteiger partial charge in [-0.3, -0.25) is 4.90 Å². The Bertz CT molecular complexity index is 316. The molecule has 3 heterocycles. The molecule has 32 heavy (non-hydrogen) atoms. The van der Waals surface area contributed by atoms with E-state index in [0.717, 1.165) is 13.2 Å². The van der Waals surface area contributed by atoms with Crippen LogP contribution in [0.1, 0.15) is 134 Å². The largest absolute Gasteiger partial charge is 0.381 e. The summed E-state index contributed by atoms with van der Waals surface area (Å²) in [5, 5.41) is 0. The second kappa shape index (κ2) is 19.6. The summed E-state index contributed by atoms with van der Waals surface area (Å²) in [5.74, 6) is 2.83. The summed E-state index contributed by atoms with van der Waals surface area (Å²) in [4.78, 5) is 2.58. The lowest BCUT2D eigenvalue weighted by atomic mass is 10.0. The van der Waals surface area contributed by atoms with Gasteiger partial charge in [0.25, 0.3) is 0 Å². The molecular formula is C29H63NOS. The third kappa shape index (κ3) is 37.6. The van der Waals surface area contributed by atoms with Gasteiger partial charge >= 0.3 is 0 Å². The quantitative estimate of drug-likeness (QED) is 0.347. The molecule has 0 saturated carbocycles. The minimum Gasteiger partial charge on any atom is -0.381 e. The molecule has 196 valence electrons. The molecule has 0 radical (unpaired) electrons. The fraction of sp³-hybridized carbons (Fsp3) is 1.00. The fourth-order valence-corrected chi connectivity index (χ4v) is 3.96. The van der Waals surface area contributed by atoms with Gasteiger partial charge in [0.05, 0.1) is 0 Å². The maximum atomic E-state index is 5.07. The molecule has 3 fully saturated rings. The van der Waals surface area contributed by atoms with Gasteiger partial charge in [-0.1, -0.05) is 68.2 Å². The van der Waals surface area contributed by atoms with E-state index in [1.54, 1.807) is 0 Å². The highest BCUT2D eigenvalue weighted by atomic mass is 32.2. The van der Waals surface area contributed by atoms with Gasteiger partial charge in [-0.15, -0.1) is 0 Å². The average Bonchev–Trinajstić information content (AvgIpc) is 2.69. The number of thioether (sulfide) groups is 1. The Kier molecular flexibility index (Phi) is 21.1. The van der Waals surface area contributed by atoms with Crippen LogP contribution in [0, 0.1) is 10.8 Å². The summed E-state index contributed by atoms with van der Waals surface area (Å²) >= 11 is 2.09. The van der Waals surface area contributed by atoms with E-state index >= 15 is 0 Å². The summed E-state index contributed by atoms with van der Waals surface area (Å²) in [7, 11) is 0. The Balaban J connectivity index is 0. The van der Waals surface area contributed by atoms with Crippen molar-refractivity contribution in [1.29, 1.82) is 0 Å². The molecular weight excluding hydrogens is 410 g/mol. The molecule has 3 saturated heterocycles. The Morgan fingerprint density at radius 2 is 0.844 bits per heavy atom. The van der Waals surface area contributed by atoms with Crippen molar-refractivity contribution in [3.8, 4) is 0 Å². The summed E-state index contributed by atoms with van der Waals surface area (Å²) in [5.41, 5.74) is 1.40. The lowest BCUT2D eigenvalue weighted by Crippen LogP contribution is -2.44. The zero-order valence-corrected chi connectivity index (χ0v) is 25.2. The van der Waals surface area contributed by atoms with Crippen LogP contribution in [0.25, 0.3) is 0 Å². The lowest BCUT2D eigenvalue weighted by molar-refractivity contribution is 0.0968. The van der Waals surface area contributed by atoms with Crippen molar-refractivity contribution in [2.75, 3.05) is 37.8 Å². The number of hydrogen-bond acceptors (Lipinski definition) is 3. The molecule has 3 aliphatic rings. The first-order chi connectivity index (χ1) is 14.6. The maximum Gasteiger partial charge on any atom is 0.0466 e. The van der Waals surface area contributed by atoms with Crippen molar-refractivity contribution in [1.82, 2.24) is 4.90 Å². The number of piperidine rings is 1. The van der Waals surface area contributed by atoms with Crippen molar-refractivity contribution in [2.45, 2.75) is 139 Å². The molecule has 3 heteroatoms. The highest BCUT2D eigenvalue weighted by Crippen LogP contribution is 2.19. The van der Waals surface area contributed by atoms with E-state index in [-0.39, 0.29) is 0 Å². The first-order valence-electron chi connectivity index (χ1n) is 13.5. The molecule has 0 unspecified atom stereocenters. The molecule has 2 nitrogen and oxygen atoms in total. The van der Waals surface area contributed by atoms with Gasteiger partial charge in [-0.25, -0.2) is 0 Å². The molecule has 3 rings (SSSR count). The number of hydrogen-bond donors (Lipinski definition) is 0. The minimum atomic E-state index is 0.403. The lowest BCUT2D eigenvalue weighted by Gasteiger charge is -2.38. The number of rotatable bonds is 0. The predicted molar refractivity (Wildman–Crippen MR) is 151 cm³/mol. The highest BCUT2D eigenvalue weighted by Gasteiger charge is 2.22. The van der Waals surface area contributed by atoms with Crippen LogP contribution in [0.5, 0.6) is 0 Å². The number of nitrogens with zero attached hydrogens (tertiary/aromatic N) is 1. The van der Waals surface area contributed by atoms with E-state index < -0.39 is 0 Å². The third-order valence-electron chi connectivity index (χ3n) is 4.46. The van der Waals surface area contributed by atoms with Crippen LogP contribution in [-0.4, -0.2) is 48.2 Å². The monoisotopic (exact) mass is 473 g/mol. The molecule has 0 atom stereocenters. The number of likely N-dealkylation sites (tertiary alicyclic amines) is 1. The second-order valence-corrected chi connectivity index (χ2v) is 14.8. The van der Waals surface area contributed by atoms with E-state index in [2.05, 4.69) is 92.8 Å². The molecule has 0 aromatic rings. The second-order valence-electron chi connectivity index (χ2n) is 13.6. The van der Waals surface area contributed by atoms with Crippen LogP contribution >= 0.6 is 11.8 Å². The summed E-state index contributed by atoms with van der Waals surface area (Å²) in [6, 6.07) is 0. The van der Waals surface area contributed by atoms with Crippen molar-refractivity contribution in [3.63, 3.8) is 0 Å². The van der Waals surface area contributed by atoms with Crippen molar-refractivity contribution in [2.24, 2.45) is 10.8 Å². The molecule has 0 amide bonds. The van der Waals surface area contributed by atoms with E-state index in [0.29, 0.717) is 16.4 Å². The minimum absolute atomic E-state index is 0.403. The van der Waals surface area contributed by atoms with Gasteiger partial charge in [0.1, 0.15) is 0 Å². The van der Waals surface area contributed by atoms with Crippen molar-refractivity contribution in [3.05, 3.63) is 0 Å². The number of ether oxygens (including phenoxy) is 1. The third-order valence-corrected chi connectivity index (χ3v) is 5.61. The zero-order valence-electron chi connectivity index (χ0n) is 24.4. The van der Waals surface area contributed by atoms with Crippen LogP contribution in [0.3, 0.4) is 0 Å². The molecule has 0 bridgehead atoms. The van der Waals surface area contributed by atoms with Gasteiger partial charge in [-0.2, -0.15) is 11.8 Å². The standard InChI is InChI=1S/C9H19N.C5H10O.C5H10S.2C5H12/c1-9(2,3)10-7-5-4-6-8-10;2*1-2-4-6-5-3-1;2*1-5(2,3)4/h4-8H2,1-3H3;2*1-5H2;2*1-4H3. The van der Waals surface area contributed by atoms with Gasteiger partial charge in [0, 0.05) is 18.8 Å². The maximum absolute atomic E-state index is 5.07. The van der Waals surface area contributed by atoms with Crippen LogP contribution in [0.15, 0.2) is 0 Å². The molecule has 0 aromatic heterocycles. The van der Waals surface area contributed by atoms with Gasteiger partial charge < -0.3 is 4.74 Å². The summed E-state index contributed by atoms with van der Waals surface area (Å²) in [6.45, 7) is 29.0. The summed E-state index contributed by atoms with van der Waals surface area (Å²) < 4.78 is 5.07. The highest BCUT2D eigenvalue weighted by molar-refractivity contribution is 7.99. The fourth-order valence-electron chi connectivity index (χ4n) is 2.94.